The zero-order valence-electron chi connectivity index (χ0n) is 20.1. The summed E-state index contributed by atoms with van der Waals surface area (Å²) in [5.74, 6) is 0.765. The molecule has 1 aliphatic rings. The molecule has 1 aromatic heterocycles. The summed E-state index contributed by atoms with van der Waals surface area (Å²) in [5, 5.41) is 5.03. The summed E-state index contributed by atoms with van der Waals surface area (Å²) in [5.41, 5.74) is 1.41. The summed E-state index contributed by atoms with van der Waals surface area (Å²) in [6.07, 6.45) is 1.98. The van der Waals surface area contributed by atoms with Crippen LogP contribution in [0.4, 0.5) is 0 Å². The van der Waals surface area contributed by atoms with Crippen LogP contribution in [0.15, 0.2) is 29.1 Å². The molecule has 0 saturated carbocycles. The third-order valence-electron chi connectivity index (χ3n) is 5.84. The van der Waals surface area contributed by atoms with Gasteiger partial charge in [-0.15, -0.1) is 0 Å². The minimum absolute atomic E-state index is 0.0822. The lowest BCUT2D eigenvalue weighted by molar-refractivity contribution is 0.0367. The zero-order valence-corrected chi connectivity index (χ0v) is 20.9. The van der Waals surface area contributed by atoms with Gasteiger partial charge in [-0.3, -0.25) is 9.69 Å². The van der Waals surface area contributed by atoms with E-state index >= 15 is 0 Å². The van der Waals surface area contributed by atoms with Crippen molar-refractivity contribution in [3.8, 4) is 5.75 Å². The van der Waals surface area contributed by atoms with Crippen LogP contribution in [-0.4, -0.2) is 98.5 Å². The minimum Gasteiger partial charge on any atom is -0.497 e. The van der Waals surface area contributed by atoms with E-state index in [9.17, 15) is 4.79 Å². The summed E-state index contributed by atoms with van der Waals surface area (Å²) >= 11 is 5.74. The number of nitrogens with one attached hydrogen (secondary N) is 2. The lowest BCUT2D eigenvalue weighted by Gasteiger charge is -2.29. The number of hydrogen-bond acceptors (Lipinski definition) is 6. The highest BCUT2D eigenvalue weighted by Gasteiger charge is 2.15. The van der Waals surface area contributed by atoms with E-state index in [1.165, 1.54) is 0 Å². The molecular formula is C24H37N5O3S. The topological polar surface area (TPSA) is 73.1 Å². The minimum atomic E-state index is -0.0822. The van der Waals surface area contributed by atoms with E-state index in [4.69, 9.17) is 21.7 Å². The molecule has 2 N–H and O–H groups in total. The molecule has 1 aromatic carbocycles. The first-order chi connectivity index (χ1) is 16.0. The van der Waals surface area contributed by atoms with E-state index < -0.39 is 0 Å². The second-order valence-electron chi connectivity index (χ2n) is 8.69. The molecule has 33 heavy (non-hydrogen) atoms. The van der Waals surface area contributed by atoms with Gasteiger partial charge in [-0.2, -0.15) is 0 Å². The molecule has 9 heteroatoms. The van der Waals surface area contributed by atoms with Gasteiger partial charge in [-0.05, 0) is 70.0 Å². The summed E-state index contributed by atoms with van der Waals surface area (Å²) in [6.45, 7) is 7.59. The number of morpholine rings is 1. The normalized spacial score (nSPS) is 14.5. The first kappa shape index (κ1) is 25.4. The quantitative estimate of drug-likeness (QED) is 0.377. The number of methoxy groups -OCH3 is 1. The molecule has 1 saturated heterocycles. The molecule has 8 nitrogen and oxygen atoms in total. The highest BCUT2D eigenvalue weighted by Crippen LogP contribution is 2.19. The lowest BCUT2D eigenvalue weighted by Crippen LogP contribution is -2.43. The van der Waals surface area contributed by atoms with Crippen molar-refractivity contribution >= 4 is 28.2 Å². The van der Waals surface area contributed by atoms with E-state index in [0.29, 0.717) is 17.2 Å². The number of H-pyrrole nitrogens is 1. The molecule has 0 aliphatic carbocycles. The first-order valence-electron chi connectivity index (χ1n) is 11.6. The number of aromatic nitrogens is 1. The molecule has 2 aromatic rings. The molecule has 0 unspecified atom stereocenters. The third kappa shape index (κ3) is 7.96. The van der Waals surface area contributed by atoms with Gasteiger partial charge in [0.05, 0.1) is 26.9 Å². The lowest BCUT2D eigenvalue weighted by atomic mass is 10.1. The van der Waals surface area contributed by atoms with Gasteiger partial charge in [0.2, 0.25) is 0 Å². The average Bonchev–Trinajstić information content (AvgIpc) is 2.81. The van der Waals surface area contributed by atoms with Crippen molar-refractivity contribution in [2.45, 2.75) is 19.4 Å². The summed E-state index contributed by atoms with van der Waals surface area (Å²) < 4.78 is 10.8. The molecule has 0 atom stereocenters. The van der Waals surface area contributed by atoms with Crippen molar-refractivity contribution < 1.29 is 9.47 Å². The average molecular weight is 476 g/mol. The Morgan fingerprint density at radius 3 is 2.73 bits per heavy atom. The second kappa shape index (κ2) is 12.9. The van der Waals surface area contributed by atoms with Crippen LogP contribution < -0.4 is 15.6 Å². The SMILES string of the molecule is COc1ccc2[nH]c(=O)c(CN(CCCN3CCOCC3)C(=S)NCCCN(C)C)cc2c1. The van der Waals surface area contributed by atoms with E-state index in [-0.39, 0.29) is 5.56 Å². The maximum absolute atomic E-state index is 12.8. The van der Waals surface area contributed by atoms with Crippen LogP contribution in [0.1, 0.15) is 18.4 Å². The Kier molecular flexibility index (Phi) is 9.93. The van der Waals surface area contributed by atoms with Crippen LogP contribution in [0.3, 0.4) is 0 Å². The monoisotopic (exact) mass is 475 g/mol. The Bertz CT molecular complexity index is 959. The molecule has 3 rings (SSSR count). The van der Waals surface area contributed by atoms with Crippen LogP contribution in [0.2, 0.25) is 0 Å². The van der Waals surface area contributed by atoms with Gasteiger partial charge in [0.25, 0.3) is 5.56 Å². The fraction of sp³-hybridized carbons (Fsp3) is 0.583. The standard InChI is InChI=1S/C24H37N5O3S/c1-27(2)9-4-8-25-24(33)29(11-5-10-28-12-14-32-15-13-28)18-20-16-19-17-21(31-3)6-7-22(19)26-23(20)30/h6-7,16-17H,4-5,8-15,18H2,1-3H3,(H,25,33)(H,26,30). The number of nitrogens with zero attached hydrogens (tertiary/aromatic N) is 3. The summed E-state index contributed by atoms with van der Waals surface area (Å²) in [6, 6.07) is 7.61. The highest BCUT2D eigenvalue weighted by atomic mass is 32.1. The van der Waals surface area contributed by atoms with Gasteiger partial charge in [0, 0.05) is 49.2 Å². The number of rotatable bonds is 11. The molecule has 0 bridgehead atoms. The largest absolute Gasteiger partial charge is 0.497 e. The van der Waals surface area contributed by atoms with Gasteiger partial charge < -0.3 is 29.6 Å². The molecule has 0 radical (unpaired) electrons. The number of fused-ring (bicyclic) bond motifs is 1. The summed E-state index contributed by atoms with van der Waals surface area (Å²) in [7, 11) is 5.78. The van der Waals surface area contributed by atoms with Crippen molar-refractivity contribution in [3.05, 3.63) is 40.2 Å². The van der Waals surface area contributed by atoms with Crippen LogP contribution in [-0.2, 0) is 11.3 Å². The van der Waals surface area contributed by atoms with Crippen LogP contribution in [0.25, 0.3) is 10.9 Å². The molecule has 1 fully saturated rings. The first-order valence-corrected chi connectivity index (χ1v) is 12.0. The zero-order chi connectivity index (χ0) is 23.6. The highest BCUT2D eigenvalue weighted by molar-refractivity contribution is 7.80. The van der Waals surface area contributed by atoms with Crippen molar-refractivity contribution in [1.82, 2.24) is 25.0 Å². The molecule has 2 heterocycles. The molecular weight excluding hydrogens is 438 g/mol. The number of pyridine rings is 1. The number of hydrogen-bond donors (Lipinski definition) is 2. The van der Waals surface area contributed by atoms with Gasteiger partial charge in [0.1, 0.15) is 5.75 Å². The maximum Gasteiger partial charge on any atom is 0.253 e. The molecule has 0 spiro atoms. The van der Waals surface area contributed by atoms with E-state index in [0.717, 1.165) is 82.0 Å². The Labute approximate surface area is 201 Å². The van der Waals surface area contributed by atoms with Crippen molar-refractivity contribution in [2.75, 3.05) is 73.7 Å². The predicted octanol–water partition coefficient (Wildman–Crippen LogP) is 1.89. The number of ether oxygens (including phenoxy) is 2. The number of aromatic amines is 1. The van der Waals surface area contributed by atoms with E-state index in [1.54, 1.807) is 7.11 Å². The van der Waals surface area contributed by atoms with Crippen LogP contribution in [0, 0.1) is 0 Å². The number of benzene rings is 1. The Balaban J connectivity index is 1.69. The maximum atomic E-state index is 12.8. The third-order valence-corrected chi connectivity index (χ3v) is 6.24. The van der Waals surface area contributed by atoms with E-state index in [2.05, 4.69) is 39.1 Å². The molecule has 0 amide bonds. The smallest absolute Gasteiger partial charge is 0.253 e. The second-order valence-corrected chi connectivity index (χ2v) is 9.08. The summed E-state index contributed by atoms with van der Waals surface area (Å²) in [4.78, 5) is 22.5. The predicted molar refractivity (Wildman–Crippen MR) is 137 cm³/mol. The Morgan fingerprint density at radius 2 is 2.00 bits per heavy atom. The van der Waals surface area contributed by atoms with Crippen molar-refractivity contribution in [3.63, 3.8) is 0 Å². The van der Waals surface area contributed by atoms with Crippen molar-refractivity contribution in [1.29, 1.82) is 0 Å². The van der Waals surface area contributed by atoms with Gasteiger partial charge in [0.15, 0.2) is 5.11 Å². The molecule has 1 aliphatic heterocycles. The van der Waals surface area contributed by atoms with E-state index in [1.807, 2.05) is 24.3 Å². The van der Waals surface area contributed by atoms with Gasteiger partial charge in [-0.1, -0.05) is 0 Å². The van der Waals surface area contributed by atoms with Gasteiger partial charge >= 0.3 is 0 Å². The number of thiocarbonyl (C=S) groups is 1. The fourth-order valence-electron chi connectivity index (χ4n) is 3.94. The Hall–Kier alpha value is -2.20. The van der Waals surface area contributed by atoms with Crippen LogP contribution in [0.5, 0.6) is 5.75 Å². The van der Waals surface area contributed by atoms with Gasteiger partial charge in [-0.25, -0.2) is 0 Å². The van der Waals surface area contributed by atoms with Crippen LogP contribution >= 0.6 is 12.2 Å². The molecule has 182 valence electrons. The Morgan fingerprint density at radius 1 is 1.21 bits per heavy atom. The van der Waals surface area contributed by atoms with Crippen molar-refractivity contribution in [2.24, 2.45) is 0 Å². The fourth-order valence-corrected chi connectivity index (χ4v) is 4.20.